The van der Waals surface area contributed by atoms with E-state index in [1.165, 1.54) is 52.3 Å². The van der Waals surface area contributed by atoms with Crippen LogP contribution in [0.25, 0.3) is 38.8 Å². The van der Waals surface area contributed by atoms with Crippen molar-refractivity contribution >= 4 is 21.8 Å². The molecule has 4 heteroatoms. The first-order chi connectivity index (χ1) is 18.2. The van der Waals surface area contributed by atoms with E-state index in [2.05, 4.69) is 99.7 Å². The van der Waals surface area contributed by atoms with Crippen LogP contribution in [-0.4, -0.2) is 19.7 Å². The maximum Gasteiger partial charge on any atom is 0.0924 e. The number of aromatic nitrogens is 4. The molecule has 3 aromatic heterocycles. The fourth-order valence-corrected chi connectivity index (χ4v) is 6.41. The Morgan fingerprint density at radius 3 is 2.41 bits per heavy atom. The highest BCUT2D eigenvalue weighted by atomic mass is 15.1. The Morgan fingerprint density at radius 2 is 1.59 bits per heavy atom. The van der Waals surface area contributed by atoms with Gasteiger partial charge in [-0.2, -0.15) is 5.10 Å². The fraction of sp³-hybridized carbons (Fsp3) is 0.212. The summed E-state index contributed by atoms with van der Waals surface area (Å²) in [4.78, 5) is 4.88. The van der Waals surface area contributed by atoms with Gasteiger partial charge in [-0.15, -0.1) is 0 Å². The normalized spacial score (nSPS) is 15.4. The smallest absolute Gasteiger partial charge is 0.0924 e. The van der Waals surface area contributed by atoms with Crippen molar-refractivity contribution in [3.63, 3.8) is 0 Å². The van der Waals surface area contributed by atoms with E-state index in [0.717, 1.165) is 35.5 Å². The summed E-state index contributed by atoms with van der Waals surface area (Å²) in [6.07, 6.45) is 8.01. The van der Waals surface area contributed by atoms with E-state index in [-0.39, 0.29) is 5.41 Å². The molecule has 1 N–H and O–H groups in total. The van der Waals surface area contributed by atoms with Crippen molar-refractivity contribution in [1.82, 2.24) is 19.7 Å². The molecule has 0 aliphatic heterocycles. The third-order valence-corrected chi connectivity index (χ3v) is 8.19. The minimum Gasteiger partial charge on any atom is -0.309 e. The lowest BCUT2D eigenvalue weighted by Crippen LogP contribution is -2.31. The van der Waals surface area contributed by atoms with Crippen LogP contribution in [0.15, 0.2) is 97.2 Å². The first-order valence-corrected chi connectivity index (χ1v) is 13.3. The van der Waals surface area contributed by atoms with Gasteiger partial charge >= 0.3 is 0 Å². The Hall–Kier alpha value is -4.18. The Balaban J connectivity index is 1.47. The third-order valence-electron chi connectivity index (χ3n) is 8.19. The predicted molar refractivity (Wildman–Crippen MR) is 151 cm³/mol. The maximum atomic E-state index is 4.88. The largest absolute Gasteiger partial charge is 0.309 e. The predicted octanol–water partition coefficient (Wildman–Crippen LogP) is 8.13. The standard InChI is InChI=1S/C33H30N4/c1-23-20-29(36-35-23)24-10-9-11-26(21-24)37-30-13-4-3-12-27(30)28-16-15-25(22-31(28)37)33(17-6-2-7-18-33)32-14-5-8-19-34-32/h3-5,8-16,19-22H,2,6-7,17-18H2,1H3,(H,35,36). The van der Waals surface area contributed by atoms with Gasteiger partial charge in [-0.05, 0) is 67.8 Å². The third kappa shape index (κ3) is 3.59. The molecule has 6 aromatic rings. The average molecular weight is 483 g/mol. The van der Waals surface area contributed by atoms with E-state index in [1.54, 1.807) is 0 Å². The molecule has 0 saturated heterocycles. The quantitative estimate of drug-likeness (QED) is 0.276. The van der Waals surface area contributed by atoms with Crippen LogP contribution in [-0.2, 0) is 5.41 Å². The highest BCUT2D eigenvalue weighted by Crippen LogP contribution is 2.45. The maximum absolute atomic E-state index is 4.88. The van der Waals surface area contributed by atoms with Gasteiger partial charge in [-0.3, -0.25) is 10.1 Å². The minimum absolute atomic E-state index is 0.0383. The number of para-hydroxylation sites is 1. The summed E-state index contributed by atoms with van der Waals surface area (Å²) >= 11 is 0. The van der Waals surface area contributed by atoms with Crippen LogP contribution in [0, 0.1) is 6.92 Å². The summed E-state index contributed by atoms with van der Waals surface area (Å²) in [6.45, 7) is 2.04. The number of hydrogen-bond acceptors (Lipinski definition) is 2. The van der Waals surface area contributed by atoms with Crippen LogP contribution in [0.3, 0.4) is 0 Å². The molecule has 0 atom stereocenters. The van der Waals surface area contributed by atoms with Gasteiger partial charge in [0.2, 0.25) is 0 Å². The molecule has 1 saturated carbocycles. The van der Waals surface area contributed by atoms with Crippen LogP contribution in [0.4, 0.5) is 0 Å². The lowest BCUT2D eigenvalue weighted by Gasteiger charge is -2.37. The Labute approximate surface area is 217 Å². The topological polar surface area (TPSA) is 46.5 Å². The molecular formula is C33H30N4. The number of fused-ring (bicyclic) bond motifs is 3. The summed E-state index contributed by atoms with van der Waals surface area (Å²) < 4.78 is 2.42. The van der Waals surface area contributed by atoms with Crippen molar-refractivity contribution in [3.05, 3.63) is 114 Å². The molecule has 1 fully saturated rings. The van der Waals surface area contributed by atoms with E-state index in [0.29, 0.717) is 0 Å². The lowest BCUT2D eigenvalue weighted by molar-refractivity contribution is 0.339. The van der Waals surface area contributed by atoms with Crippen LogP contribution in [0.2, 0.25) is 0 Å². The van der Waals surface area contributed by atoms with Crippen molar-refractivity contribution in [1.29, 1.82) is 0 Å². The van der Waals surface area contributed by atoms with Crippen molar-refractivity contribution in [2.24, 2.45) is 0 Å². The first-order valence-electron chi connectivity index (χ1n) is 13.3. The molecule has 3 heterocycles. The van der Waals surface area contributed by atoms with Gasteiger partial charge in [0.05, 0.1) is 22.4 Å². The number of pyridine rings is 1. The molecule has 1 aliphatic carbocycles. The zero-order valence-corrected chi connectivity index (χ0v) is 21.1. The SMILES string of the molecule is Cc1cc(-c2cccc(-n3c4ccccc4c4ccc(C5(c6ccccn6)CCCCC5)cc43)c2)n[nH]1. The zero-order valence-electron chi connectivity index (χ0n) is 21.1. The first kappa shape index (κ1) is 22.1. The number of rotatable bonds is 4. The van der Waals surface area contributed by atoms with E-state index in [9.17, 15) is 0 Å². The molecule has 0 spiro atoms. The van der Waals surface area contributed by atoms with Crippen molar-refractivity contribution in [2.75, 3.05) is 0 Å². The second-order valence-corrected chi connectivity index (χ2v) is 10.4. The van der Waals surface area contributed by atoms with E-state index in [1.807, 2.05) is 19.2 Å². The minimum atomic E-state index is -0.0383. The van der Waals surface area contributed by atoms with Crippen LogP contribution in [0.1, 0.15) is 49.1 Å². The van der Waals surface area contributed by atoms with Gasteiger partial charge in [0.1, 0.15) is 0 Å². The number of nitrogens with one attached hydrogen (secondary N) is 1. The average Bonchev–Trinajstić information content (AvgIpc) is 3.55. The second-order valence-electron chi connectivity index (χ2n) is 10.4. The lowest BCUT2D eigenvalue weighted by atomic mass is 9.67. The number of H-pyrrole nitrogens is 1. The zero-order chi connectivity index (χ0) is 24.8. The Bertz CT molecular complexity index is 1720. The van der Waals surface area contributed by atoms with Gasteiger partial charge in [-0.25, -0.2) is 0 Å². The van der Waals surface area contributed by atoms with Gasteiger partial charge in [-0.1, -0.05) is 67.8 Å². The van der Waals surface area contributed by atoms with Crippen molar-refractivity contribution in [2.45, 2.75) is 44.4 Å². The highest BCUT2D eigenvalue weighted by Gasteiger charge is 2.37. The molecular weight excluding hydrogens is 452 g/mol. The molecule has 0 bridgehead atoms. The van der Waals surface area contributed by atoms with E-state index >= 15 is 0 Å². The van der Waals surface area contributed by atoms with Crippen molar-refractivity contribution in [3.8, 4) is 16.9 Å². The molecule has 1 aliphatic rings. The summed E-state index contributed by atoms with van der Waals surface area (Å²) in [6, 6.07) is 33.1. The Kier molecular flexibility index (Phi) is 5.21. The summed E-state index contributed by atoms with van der Waals surface area (Å²) in [7, 11) is 0. The molecule has 0 radical (unpaired) electrons. The molecule has 0 amide bonds. The second kappa shape index (κ2) is 8.74. The number of hydrogen-bond donors (Lipinski definition) is 1. The monoisotopic (exact) mass is 482 g/mol. The van der Waals surface area contributed by atoms with E-state index in [4.69, 9.17) is 4.98 Å². The van der Waals surface area contributed by atoms with Crippen LogP contribution >= 0.6 is 0 Å². The number of nitrogens with zero attached hydrogens (tertiary/aromatic N) is 3. The molecule has 4 nitrogen and oxygen atoms in total. The Morgan fingerprint density at radius 1 is 0.757 bits per heavy atom. The molecule has 182 valence electrons. The molecule has 3 aromatic carbocycles. The van der Waals surface area contributed by atoms with Gasteiger partial charge in [0.25, 0.3) is 0 Å². The van der Waals surface area contributed by atoms with Crippen LogP contribution in [0.5, 0.6) is 0 Å². The van der Waals surface area contributed by atoms with Gasteiger partial charge in [0.15, 0.2) is 0 Å². The van der Waals surface area contributed by atoms with Gasteiger partial charge < -0.3 is 4.57 Å². The van der Waals surface area contributed by atoms with Crippen LogP contribution < -0.4 is 0 Å². The number of aromatic amines is 1. The fourth-order valence-electron chi connectivity index (χ4n) is 6.41. The molecule has 7 rings (SSSR count). The number of benzene rings is 3. The molecule has 37 heavy (non-hydrogen) atoms. The molecule has 0 unspecified atom stereocenters. The number of aryl methyl sites for hydroxylation is 1. The summed E-state index contributed by atoms with van der Waals surface area (Å²) in [5.74, 6) is 0. The highest BCUT2D eigenvalue weighted by molar-refractivity contribution is 6.09. The van der Waals surface area contributed by atoms with Crippen molar-refractivity contribution < 1.29 is 0 Å². The summed E-state index contributed by atoms with van der Waals surface area (Å²) in [5.41, 5.74) is 9.30. The van der Waals surface area contributed by atoms with Gasteiger partial charge in [0, 0.05) is 39.3 Å². The van der Waals surface area contributed by atoms with E-state index < -0.39 is 0 Å². The summed E-state index contributed by atoms with van der Waals surface area (Å²) in [5, 5.41) is 10.2.